The molecule has 0 aliphatic rings. The highest BCUT2D eigenvalue weighted by atomic mass is 16.2. The van der Waals surface area contributed by atoms with Gasteiger partial charge in [-0.15, -0.1) is 0 Å². The lowest BCUT2D eigenvalue weighted by atomic mass is 10.0. The number of amides is 2. The summed E-state index contributed by atoms with van der Waals surface area (Å²) >= 11 is 0. The fraction of sp³-hybridized carbons (Fsp3) is 0.316. The zero-order valence-electron chi connectivity index (χ0n) is 25.4. The lowest BCUT2D eigenvalue weighted by molar-refractivity contribution is -0.126. The van der Waals surface area contributed by atoms with E-state index in [1.165, 1.54) is 0 Å². The lowest BCUT2D eigenvalue weighted by Crippen LogP contribution is -2.45. The van der Waals surface area contributed by atoms with Gasteiger partial charge >= 0.3 is 0 Å². The number of benzene rings is 2. The lowest BCUT2D eigenvalue weighted by Gasteiger charge is -2.19. The Kier molecular flexibility index (Phi) is 18.2. The van der Waals surface area contributed by atoms with Crippen LogP contribution in [0.2, 0.25) is 0 Å². The van der Waals surface area contributed by atoms with Crippen LogP contribution in [0.5, 0.6) is 0 Å². The van der Waals surface area contributed by atoms with Crippen molar-refractivity contribution in [3.63, 3.8) is 0 Å². The monoisotopic (exact) mass is 564 g/mol. The second-order valence-electron chi connectivity index (χ2n) is 10.1. The summed E-state index contributed by atoms with van der Waals surface area (Å²) in [7, 11) is 0. The Morgan fingerprint density at radius 3 is 1.69 bits per heavy atom. The molecular formula is C38H48N2O2. The summed E-state index contributed by atoms with van der Waals surface area (Å²) in [5.41, 5.74) is 2.84. The first-order valence-electron chi connectivity index (χ1n) is 15.2. The van der Waals surface area contributed by atoms with Crippen molar-refractivity contribution in [1.29, 1.82) is 0 Å². The topological polar surface area (TPSA) is 58.2 Å². The van der Waals surface area contributed by atoms with Crippen molar-refractivity contribution in [1.82, 2.24) is 5.32 Å². The Hall–Kier alpha value is -4.18. The summed E-state index contributed by atoms with van der Waals surface area (Å²) < 4.78 is 0. The van der Waals surface area contributed by atoms with Gasteiger partial charge in [-0.1, -0.05) is 128 Å². The molecule has 0 aliphatic carbocycles. The van der Waals surface area contributed by atoms with Crippen molar-refractivity contribution in [2.24, 2.45) is 0 Å². The zero-order valence-corrected chi connectivity index (χ0v) is 25.4. The highest BCUT2D eigenvalue weighted by molar-refractivity contribution is 5.97. The average molecular weight is 565 g/mol. The number of nitrogens with one attached hydrogen (secondary N) is 2. The Labute approximate surface area is 253 Å². The van der Waals surface area contributed by atoms with Gasteiger partial charge in [0.15, 0.2) is 0 Å². The van der Waals surface area contributed by atoms with Gasteiger partial charge in [0.05, 0.1) is 0 Å². The number of carbonyl (C=O) groups excluding carboxylic acids is 2. The van der Waals surface area contributed by atoms with Crippen LogP contribution in [0.25, 0.3) is 0 Å². The molecule has 2 rings (SSSR count). The molecule has 4 nitrogen and oxygen atoms in total. The molecule has 0 spiro atoms. The summed E-state index contributed by atoms with van der Waals surface area (Å²) in [6.45, 7) is 4.15. The molecule has 0 aromatic heterocycles. The summed E-state index contributed by atoms with van der Waals surface area (Å²) in [6, 6.07) is 16.8. The third kappa shape index (κ3) is 16.8. The third-order valence-corrected chi connectivity index (χ3v) is 6.39. The Morgan fingerprint density at radius 2 is 1.17 bits per heavy atom. The van der Waals surface area contributed by atoms with E-state index in [4.69, 9.17) is 0 Å². The molecule has 1 unspecified atom stereocenters. The van der Waals surface area contributed by atoms with E-state index in [9.17, 15) is 9.59 Å². The molecular weight excluding hydrogens is 516 g/mol. The standard InChI is InChI=1S/C38H48N2O2/c1-3-4-5-6-7-8-9-10-11-12-13-14-15-16-17-18-19-20-24-27-37(41)40-36(32-34-25-22-21-23-26-34)38(42)39-35-30-28-33(2)29-31-35/h4-5,7-8,10-11,13-14,16-17,19-23,25-26,28-31,36H,3,6,9,12,15,18,24,27,32H2,1-2H3,(H,39,42)(H,40,41)/b5-4-,8-7-,11-10-,14-13-,17-16-,20-19-. The van der Waals surface area contributed by atoms with E-state index in [1.54, 1.807) is 0 Å². The Morgan fingerprint density at radius 1 is 0.667 bits per heavy atom. The van der Waals surface area contributed by atoms with Crippen LogP contribution in [0.1, 0.15) is 69.4 Å². The molecule has 0 aliphatic heterocycles. The minimum atomic E-state index is -0.647. The number of carbonyl (C=O) groups is 2. The minimum Gasteiger partial charge on any atom is -0.344 e. The molecule has 2 aromatic carbocycles. The molecule has 0 radical (unpaired) electrons. The Balaban J connectivity index is 1.65. The van der Waals surface area contributed by atoms with Crippen LogP contribution in [-0.2, 0) is 16.0 Å². The van der Waals surface area contributed by atoms with Crippen molar-refractivity contribution in [2.75, 3.05) is 5.32 Å². The molecule has 0 saturated heterocycles. The van der Waals surface area contributed by atoms with E-state index in [0.717, 1.165) is 55.3 Å². The highest BCUT2D eigenvalue weighted by Gasteiger charge is 2.21. The first-order chi connectivity index (χ1) is 20.6. The number of hydrogen-bond donors (Lipinski definition) is 2. The minimum absolute atomic E-state index is 0.130. The first-order valence-corrected chi connectivity index (χ1v) is 15.2. The van der Waals surface area contributed by atoms with Crippen LogP contribution >= 0.6 is 0 Å². The van der Waals surface area contributed by atoms with Crippen LogP contribution in [0.15, 0.2) is 128 Å². The van der Waals surface area contributed by atoms with Crippen molar-refractivity contribution >= 4 is 17.5 Å². The van der Waals surface area contributed by atoms with Gasteiger partial charge in [-0.25, -0.2) is 0 Å². The first kappa shape index (κ1) is 34.0. The van der Waals surface area contributed by atoms with Crippen LogP contribution < -0.4 is 10.6 Å². The van der Waals surface area contributed by atoms with Gasteiger partial charge in [0, 0.05) is 18.5 Å². The van der Waals surface area contributed by atoms with E-state index in [2.05, 4.69) is 84.4 Å². The van der Waals surface area contributed by atoms with Gasteiger partial charge in [0.2, 0.25) is 11.8 Å². The van der Waals surface area contributed by atoms with E-state index >= 15 is 0 Å². The molecule has 0 fully saturated rings. The number of aryl methyl sites for hydroxylation is 1. The molecule has 2 N–H and O–H groups in total. The molecule has 1 atom stereocenters. The van der Waals surface area contributed by atoms with Crippen LogP contribution in [-0.4, -0.2) is 17.9 Å². The van der Waals surface area contributed by atoms with Gasteiger partial charge < -0.3 is 10.6 Å². The van der Waals surface area contributed by atoms with E-state index in [1.807, 2.05) is 67.6 Å². The molecule has 2 aromatic rings. The average Bonchev–Trinajstić information content (AvgIpc) is 2.99. The van der Waals surface area contributed by atoms with Crippen molar-refractivity contribution in [2.45, 2.75) is 77.7 Å². The number of anilines is 1. The van der Waals surface area contributed by atoms with Gasteiger partial charge in [-0.3, -0.25) is 9.59 Å². The largest absolute Gasteiger partial charge is 0.344 e. The van der Waals surface area contributed by atoms with Crippen LogP contribution in [0.4, 0.5) is 5.69 Å². The molecule has 0 bridgehead atoms. The van der Waals surface area contributed by atoms with Gasteiger partial charge in [-0.05, 0) is 69.6 Å². The molecule has 4 heteroatoms. The summed E-state index contributed by atoms with van der Waals surface area (Å²) in [5, 5.41) is 5.88. The fourth-order valence-electron chi connectivity index (χ4n) is 4.05. The molecule has 42 heavy (non-hydrogen) atoms. The molecule has 0 saturated carbocycles. The zero-order chi connectivity index (χ0) is 30.1. The summed E-state index contributed by atoms with van der Waals surface area (Å²) in [5.74, 6) is -0.348. The van der Waals surface area contributed by atoms with E-state index in [-0.39, 0.29) is 11.8 Å². The smallest absolute Gasteiger partial charge is 0.247 e. The maximum Gasteiger partial charge on any atom is 0.247 e. The predicted molar refractivity (Wildman–Crippen MR) is 179 cm³/mol. The number of rotatable bonds is 19. The number of hydrogen-bond acceptors (Lipinski definition) is 2. The summed E-state index contributed by atoms with van der Waals surface area (Å²) in [4.78, 5) is 25.7. The van der Waals surface area contributed by atoms with Crippen molar-refractivity contribution in [3.05, 3.63) is 139 Å². The fourth-order valence-corrected chi connectivity index (χ4v) is 4.05. The van der Waals surface area contributed by atoms with Crippen molar-refractivity contribution < 1.29 is 9.59 Å². The van der Waals surface area contributed by atoms with Crippen LogP contribution in [0.3, 0.4) is 0 Å². The van der Waals surface area contributed by atoms with E-state index in [0.29, 0.717) is 19.3 Å². The van der Waals surface area contributed by atoms with Gasteiger partial charge in [0.25, 0.3) is 0 Å². The van der Waals surface area contributed by atoms with Gasteiger partial charge in [0.1, 0.15) is 6.04 Å². The SMILES string of the molecule is CC/C=C\C/C=C\C/C=C\C/C=C\C/C=C\C/C=C\CCC(=O)NC(Cc1ccccc1)C(=O)Nc1ccc(C)cc1. The maximum atomic E-state index is 13.0. The van der Waals surface area contributed by atoms with E-state index < -0.39 is 6.04 Å². The quantitative estimate of drug-likeness (QED) is 0.167. The second kappa shape index (κ2) is 22.5. The third-order valence-electron chi connectivity index (χ3n) is 6.39. The molecule has 2 amide bonds. The van der Waals surface area contributed by atoms with Gasteiger partial charge in [-0.2, -0.15) is 0 Å². The second-order valence-corrected chi connectivity index (χ2v) is 10.1. The molecule has 222 valence electrons. The van der Waals surface area contributed by atoms with Crippen molar-refractivity contribution in [3.8, 4) is 0 Å². The molecule has 0 heterocycles. The predicted octanol–water partition coefficient (Wildman–Crippen LogP) is 9.14. The Bertz CT molecular complexity index is 1200. The highest BCUT2D eigenvalue weighted by Crippen LogP contribution is 2.11. The normalized spacial score (nSPS) is 12.9. The number of allylic oxidation sites excluding steroid dienone is 12. The van der Waals surface area contributed by atoms with Crippen LogP contribution in [0, 0.1) is 6.92 Å². The maximum absolute atomic E-state index is 13.0. The summed E-state index contributed by atoms with van der Waals surface area (Å²) in [6.07, 6.45) is 33.2.